The zero-order valence-electron chi connectivity index (χ0n) is 15.1. The monoisotopic (exact) mass is 351 g/mol. The first kappa shape index (κ1) is 17.0. The van der Waals surface area contributed by atoms with Gasteiger partial charge in [-0.05, 0) is 42.5 Å². The van der Waals surface area contributed by atoms with Gasteiger partial charge in [0.05, 0.1) is 11.7 Å². The van der Waals surface area contributed by atoms with E-state index in [1.165, 1.54) is 5.56 Å². The van der Waals surface area contributed by atoms with Crippen LogP contribution in [0.4, 0.5) is 0 Å². The van der Waals surface area contributed by atoms with Crippen molar-refractivity contribution in [3.8, 4) is 5.69 Å². The number of aryl methyl sites for hydroxylation is 1. The molecule has 0 saturated carbocycles. The molecule has 2 aromatic heterocycles. The van der Waals surface area contributed by atoms with E-state index in [0.29, 0.717) is 5.92 Å². The van der Waals surface area contributed by atoms with E-state index in [9.17, 15) is 0 Å². The maximum atomic E-state index is 5.55. The maximum Gasteiger partial charge on any atom is 0.125 e. The second-order valence-electron chi connectivity index (χ2n) is 6.82. The minimum absolute atomic E-state index is 0.240. The summed E-state index contributed by atoms with van der Waals surface area (Å²) in [7, 11) is 2.06. The van der Waals surface area contributed by atoms with Crippen molar-refractivity contribution < 1.29 is 4.74 Å². The van der Waals surface area contributed by atoms with Crippen LogP contribution in [0.5, 0.6) is 0 Å². The van der Waals surface area contributed by atoms with Crippen LogP contribution in [0.15, 0.2) is 55.1 Å². The molecule has 1 N–H and O–H groups in total. The minimum atomic E-state index is 0.240. The maximum absolute atomic E-state index is 5.55. The first-order chi connectivity index (χ1) is 12.8. The topological polar surface area (TPSA) is 56.9 Å². The first-order valence-corrected chi connectivity index (χ1v) is 9.18. The van der Waals surface area contributed by atoms with Gasteiger partial charge in [-0.2, -0.15) is 5.10 Å². The summed E-state index contributed by atoms with van der Waals surface area (Å²) in [6.07, 6.45) is 9.78. The molecule has 1 aliphatic rings. The highest BCUT2D eigenvalue weighted by Crippen LogP contribution is 2.29. The predicted octanol–water partition coefficient (Wildman–Crippen LogP) is 2.86. The van der Waals surface area contributed by atoms with Crippen LogP contribution in [-0.4, -0.2) is 32.5 Å². The molecule has 3 heterocycles. The Hall–Kier alpha value is -2.44. The third kappa shape index (κ3) is 3.71. The molecule has 0 radical (unpaired) electrons. The lowest BCUT2D eigenvalue weighted by Crippen LogP contribution is -2.33. The third-order valence-electron chi connectivity index (χ3n) is 5.11. The Morgan fingerprint density at radius 3 is 2.62 bits per heavy atom. The lowest BCUT2D eigenvalue weighted by molar-refractivity contribution is 0.0518. The predicted molar refractivity (Wildman–Crippen MR) is 99.9 cm³/mol. The zero-order chi connectivity index (χ0) is 17.8. The molecular weight excluding hydrogens is 326 g/mol. The lowest BCUT2D eigenvalue weighted by Gasteiger charge is -2.30. The molecule has 1 fully saturated rings. The number of hydrogen-bond donors (Lipinski definition) is 1. The molecule has 4 rings (SSSR count). The first-order valence-electron chi connectivity index (χ1n) is 9.18. The van der Waals surface area contributed by atoms with Crippen molar-refractivity contribution in [1.29, 1.82) is 0 Å². The number of hydrogen-bond acceptors (Lipinski definition) is 4. The summed E-state index contributed by atoms with van der Waals surface area (Å²) in [5.41, 5.74) is 2.33. The fourth-order valence-corrected chi connectivity index (χ4v) is 3.61. The Bertz CT molecular complexity index is 803. The van der Waals surface area contributed by atoms with Crippen molar-refractivity contribution in [2.24, 2.45) is 13.0 Å². The summed E-state index contributed by atoms with van der Waals surface area (Å²) < 4.78 is 9.54. The van der Waals surface area contributed by atoms with Crippen LogP contribution >= 0.6 is 0 Å². The summed E-state index contributed by atoms with van der Waals surface area (Å²) >= 11 is 0. The molecule has 1 atom stereocenters. The van der Waals surface area contributed by atoms with Gasteiger partial charge in [0.25, 0.3) is 0 Å². The zero-order valence-corrected chi connectivity index (χ0v) is 15.1. The van der Waals surface area contributed by atoms with Crippen LogP contribution in [0.1, 0.15) is 30.3 Å². The largest absolute Gasteiger partial charge is 0.381 e. The number of imidazole rings is 1. The van der Waals surface area contributed by atoms with Gasteiger partial charge in [-0.15, -0.1) is 0 Å². The average molecular weight is 351 g/mol. The van der Waals surface area contributed by atoms with E-state index in [2.05, 4.69) is 51.3 Å². The molecule has 6 heteroatoms. The molecule has 1 saturated heterocycles. The van der Waals surface area contributed by atoms with Gasteiger partial charge in [-0.1, -0.05) is 12.1 Å². The average Bonchev–Trinajstić information content (AvgIpc) is 3.36. The van der Waals surface area contributed by atoms with Crippen molar-refractivity contribution in [1.82, 2.24) is 24.6 Å². The minimum Gasteiger partial charge on any atom is -0.381 e. The van der Waals surface area contributed by atoms with Crippen LogP contribution in [0.2, 0.25) is 0 Å². The summed E-state index contributed by atoms with van der Waals surface area (Å²) in [4.78, 5) is 4.60. The van der Waals surface area contributed by atoms with Gasteiger partial charge in [0.1, 0.15) is 5.82 Å². The van der Waals surface area contributed by atoms with Gasteiger partial charge in [-0.25, -0.2) is 9.67 Å². The number of rotatable bonds is 6. The Labute approximate surface area is 153 Å². The van der Waals surface area contributed by atoms with Gasteiger partial charge in [0, 0.05) is 51.6 Å². The fourth-order valence-electron chi connectivity index (χ4n) is 3.61. The smallest absolute Gasteiger partial charge is 0.125 e. The standard InChI is InChI=1S/C20H25N5O/c1-24-12-10-21-20(24)19(17-7-13-26-14-8-17)22-15-16-3-5-18(6-4-16)25-11-2-9-23-25/h2-6,9-12,17,19,22H,7-8,13-15H2,1H3/t19-/m0/s1. The highest BCUT2D eigenvalue weighted by molar-refractivity contribution is 5.33. The quantitative estimate of drug-likeness (QED) is 0.742. The Morgan fingerprint density at radius 1 is 1.15 bits per heavy atom. The van der Waals surface area contributed by atoms with Crippen LogP contribution in [-0.2, 0) is 18.3 Å². The van der Waals surface area contributed by atoms with Crippen molar-refractivity contribution in [3.05, 3.63) is 66.5 Å². The van der Waals surface area contributed by atoms with Crippen molar-refractivity contribution in [2.45, 2.75) is 25.4 Å². The van der Waals surface area contributed by atoms with Gasteiger partial charge < -0.3 is 14.6 Å². The van der Waals surface area contributed by atoms with E-state index in [0.717, 1.165) is 44.1 Å². The fraction of sp³-hybridized carbons (Fsp3) is 0.400. The molecule has 0 bridgehead atoms. The van der Waals surface area contributed by atoms with Crippen LogP contribution in [0.3, 0.4) is 0 Å². The Balaban J connectivity index is 1.46. The molecule has 1 aromatic carbocycles. The normalized spacial score (nSPS) is 16.7. The summed E-state index contributed by atoms with van der Waals surface area (Å²) in [6.45, 7) is 2.49. The number of ether oxygens (including phenoxy) is 1. The summed E-state index contributed by atoms with van der Waals surface area (Å²) in [6, 6.07) is 10.7. The second kappa shape index (κ2) is 7.85. The molecule has 6 nitrogen and oxygen atoms in total. The Kier molecular flexibility index (Phi) is 5.13. The van der Waals surface area contributed by atoms with Crippen LogP contribution in [0, 0.1) is 5.92 Å². The second-order valence-corrected chi connectivity index (χ2v) is 6.82. The molecule has 1 aliphatic heterocycles. The summed E-state index contributed by atoms with van der Waals surface area (Å²) in [5.74, 6) is 1.65. The van der Waals surface area contributed by atoms with Crippen molar-refractivity contribution in [2.75, 3.05) is 13.2 Å². The number of aromatic nitrogens is 4. The lowest BCUT2D eigenvalue weighted by atomic mass is 9.91. The van der Waals surface area contributed by atoms with Crippen LogP contribution in [0.25, 0.3) is 5.69 Å². The number of benzene rings is 1. The van der Waals surface area contributed by atoms with Crippen molar-refractivity contribution in [3.63, 3.8) is 0 Å². The van der Waals surface area contributed by atoms with Crippen LogP contribution < -0.4 is 5.32 Å². The molecule has 136 valence electrons. The van der Waals surface area contributed by atoms with E-state index < -0.39 is 0 Å². The molecule has 26 heavy (non-hydrogen) atoms. The van der Waals surface area contributed by atoms with E-state index >= 15 is 0 Å². The molecule has 3 aromatic rings. The SMILES string of the molecule is Cn1ccnc1[C@@H](NCc1ccc(-n2cccn2)cc1)C1CCOCC1. The molecule has 0 spiro atoms. The van der Waals surface area contributed by atoms with Gasteiger partial charge in [0.15, 0.2) is 0 Å². The summed E-state index contributed by atoms with van der Waals surface area (Å²) in [5, 5.41) is 8.02. The molecule has 0 unspecified atom stereocenters. The highest BCUT2D eigenvalue weighted by Gasteiger charge is 2.27. The van der Waals surface area contributed by atoms with E-state index in [-0.39, 0.29) is 6.04 Å². The van der Waals surface area contributed by atoms with E-state index in [4.69, 9.17) is 4.74 Å². The van der Waals surface area contributed by atoms with Gasteiger partial charge in [-0.3, -0.25) is 0 Å². The van der Waals surface area contributed by atoms with Crippen molar-refractivity contribution >= 4 is 0 Å². The Morgan fingerprint density at radius 2 is 1.96 bits per heavy atom. The third-order valence-corrected chi connectivity index (χ3v) is 5.11. The van der Waals surface area contributed by atoms with Gasteiger partial charge >= 0.3 is 0 Å². The molecule has 0 amide bonds. The number of nitrogens with one attached hydrogen (secondary N) is 1. The molecule has 0 aliphatic carbocycles. The highest BCUT2D eigenvalue weighted by atomic mass is 16.5. The van der Waals surface area contributed by atoms with E-state index in [1.807, 2.05) is 29.3 Å². The van der Waals surface area contributed by atoms with Gasteiger partial charge in [0.2, 0.25) is 0 Å². The number of nitrogens with zero attached hydrogens (tertiary/aromatic N) is 4. The molecular formula is C20H25N5O. The van der Waals surface area contributed by atoms with E-state index in [1.54, 1.807) is 6.20 Å².